The molecule has 4 rings (SSSR count). The van der Waals surface area contributed by atoms with Crippen LogP contribution in [0.25, 0.3) is 11.1 Å². The summed E-state index contributed by atoms with van der Waals surface area (Å²) in [6, 6.07) is 8.61. The Labute approximate surface area is 209 Å². The number of allylic oxidation sites excluding steroid dienone is 1. The predicted octanol–water partition coefficient (Wildman–Crippen LogP) is 8.56. The van der Waals surface area contributed by atoms with E-state index in [1.165, 1.54) is 12.1 Å². The van der Waals surface area contributed by atoms with Crippen molar-refractivity contribution in [2.24, 2.45) is 5.92 Å². The summed E-state index contributed by atoms with van der Waals surface area (Å²) in [5.74, 6) is -7.66. The molecule has 3 aromatic carbocycles. The second kappa shape index (κ2) is 10.9. The first-order valence-electron chi connectivity index (χ1n) is 11.6. The highest BCUT2D eigenvalue weighted by atomic mass is 19.3. The van der Waals surface area contributed by atoms with Gasteiger partial charge in [-0.3, -0.25) is 0 Å². The molecule has 0 spiro atoms. The second-order valence-corrected chi connectivity index (χ2v) is 8.96. The van der Waals surface area contributed by atoms with Crippen LogP contribution in [0.5, 0.6) is 11.5 Å². The molecule has 1 aliphatic carbocycles. The molecule has 0 aromatic heterocycles. The van der Waals surface area contributed by atoms with Crippen molar-refractivity contribution < 1.29 is 40.2 Å². The molecular formula is C28H23F7O2. The molecule has 0 unspecified atom stereocenters. The molecule has 0 amide bonds. The van der Waals surface area contributed by atoms with Gasteiger partial charge in [-0.05, 0) is 66.8 Å². The average Bonchev–Trinajstić information content (AvgIpc) is 2.86. The Kier molecular flexibility index (Phi) is 7.80. The number of hydrogen-bond donors (Lipinski definition) is 0. The summed E-state index contributed by atoms with van der Waals surface area (Å²) in [6.45, 7) is 2.31. The van der Waals surface area contributed by atoms with Gasteiger partial charge in [-0.25, -0.2) is 22.0 Å². The first kappa shape index (κ1) is 26.6. The second-order valence-electron chi connectivity index (χ2n) is 8.96. The lowest BCUT2D eigenvalue weighted by molar-refractivity contribution is -0.196. The summed E-state index contributed by atoms with van der Waals surface area (Å²) in [6.07, 6.45) is 1.65. The van der Waals surface area contributed by atoms with E-state index in [4.69, 9.17) is 4.74 Å². The number of benzene rings is 3. The lowest BCUT2D eigenvalue weighted by atomic mass is 9.78. The smallest absolute Gasteiger partial charge is 0.433 e. The zero-order chi connectivity index (χ0) is 26.7. The van der Waals surface area contributed by atoms with Crippen LogP contribution in [0.1, 0.15) is 37.2 Å². The van der Waals surface area contributed by atoms with E-state index in [1.807, 2.05) is 6.08 Å². The normalized spacial score (nSPS) is 17.9. The van der Waals surface area contributed by atoms with E-state index < -0.39 is 53.3 Å². The van der Waals surface area contributed by atoms with Gasteiger partial charge < -0.3 is 9.47 Å². The van der Waals surface area contributed by atoms with E-state index in [-0.39, 0.29) is 29.2 Å². The largest absolute Gasteiger partial charge is 0.480 e. The van der Waals surface area contributed by atoms with Crippen LogP contribution in [0, 0.1) is 35.0 Å². The fourth-order valence-corrected chi connectivity index (χ4v) is 4.45. The maximum atomic E-state index is 14.9. The summed E-state index contributed by atoms with van der Waals surface area (Å²) < 4.78 is 106. The third kappa shape index (κ3) is 6.26. The van der Waals surface area contributed by atoms with Gasteiger partial charge in [0.2, 0.25) is 0 Å². The van der Waals surface area contributed by atoms with E-state index in [0.717, 1.165) is 43.4 Å². The first-order valence-corrected chi connectivity index (χ1v) is 11.6. The molecule has 1 aliphatic rings. The summed E-state index contributed by atoms with van der Waals surface area (Å²) in [5.41, 5.74) is 1.19. The molecule has 0 aliphatic heterocycles. The minimum Gasteiger partial charge on any atom is -0.480 e. The lowest BCUT2D eigenvalue weighted by Crippen LogP contribution is -2.32. The van der Waals surface area contributed by atoms with Crippen LogP contribution < -0.4 is 9.47 Å². The van der Waals surface area contributed by atoms with Gasteiger partial charge in [0.15, 0.2) is 35.6 Å². The summed E-state index contributed by atoms with van der Waals surface area (Å²) >= 11 is 0. The fourth-order valence-electron chi connectivity index (χ4n) is 4.45. The van der Waals surface area contributed by atoms with Crippen molar-refractivity contribution >= 4 is 0 Å². The van der Waals surface area contributed by atoms with Gasteiger partial charge in [-0.15, -0.1) is 6.58 Å². The van der Waals surface area contributed by atoms with Crippen molar-refractivity contribution in [1.29, 1.82) is 0 Å². The molecule has 0 radical (unpaired) electrons. The third-order valence-electron chi connectivity index (χ3n) is 6.43. The fraction of sp³-hybridized carbons (Fsp3) is 0.286. The van der Waals surface area contributed by atoms with Crippen molar-refractivity contribution in [3.63, 3.8) is 0 Å². The van der Waals surface area contributed by atoms with Gasteiger partial charge in [0.1, 0.15) is 11.6 Å². The summed E-state index contributed by atoms with van der Waals surface area (Å²) in [4.78, 5) is 0. The highest BCUT2D eigenvalue weighted by Crippen LogP contribution is 2.38. The monoisotopic (exact) mass is 524 g/mol. The van der Waals surface area contributed by atoms with Gasteiger partial charge in [-0.2, -0.15) is 8.78 Å². The molecular weight excluding hydrogens is 501 g/mol. The van der Waals surface area contributed by atoms with Crippen molar-refractivity contribution in [2.75, 3.05) is 6.61 Å². The minimum atomic E-state index is -4.13. The number of ether oxygens (including phenoxy) is 2. The molecule has 0 bridgehead atoms. The molecule has 196 valence electrons. The molecule has 0 heterocycles. The van der Waals surface area contributed by atoms with E-state index in [9.17, 15) is 30.7 Å². The molecule has 0 atom stereocenters. The number of halogens is 7. The average molecular weight is 524 g/mol. The van der Waals surface area contributed by atoms with Gasteiger partial charge >= 0.3 is 6.11 Å². The summed E-state index contributed by atoms with van der Waals surface area (Å²) in [5, 5.41) is 0. The number of hydrogen-bond acceptors (Lipinski definition) is 2. The van der Waals surface area contributed by atoms with Crippen molar-refractivity contribution in [2.45, 2.75) is 37.7 Å². The first-order chi connectivity index (χ1) is 17.6. The highest BCUT2D eigenvalue weighted by molar-refractivity contribution is 5.65. The van der Waals surface area contributed by atoms with Gasteiger partial charge in [0.05, 0.1) is 0 Å². The van der Waals surface area contributed by atoms with Crippen LogP contribution >= 0.6 is 0 Å². The molecule has 37 heavy (non-hydrogen) atoms. The van der Waals surface area contributed by atoms with Crippen LogP contribution in [0.2, 0.25) is 0 Å². The zero-order valence-electron chi connectivity index (χ0n) is 19.6. The van der Waals surface area contributed by atoms with E-state index in [1.54, 1.807) is 12.1 Å². The molecule has 1 saturated carbocycles. The number of alkyl halides is 2. The van der Waals surface area contributed by atoms with E-state index in [0.29, 0.717) is 5.92 Å². The Morgan fingerprint density at radius 2 is 1.49 bits per heavy atom. The molecule has 1 fully saturated rings. The van der Waals surface area contributed by atoms with E-state index >= 15 is 0 Å². The van der Waals surface area contributed by atoms with Gasteiger partial charge in [0.25, 0.3) is 0 Å². The van der Waals surface area contributed by atoms with Crippen LogP contribution in [-0.2, 0) is 0 Å². The third-order valence-corrected chi connectivity index (χ3v) is 6.43. The Morgan fingerprint density at radius 3 is 2.08 bits per heavy atom. The maximum Gasteiger partial charge on any atom is 0.433 e. The molecule has 2 nitrogen and oxygen atoms in total. The van der Waals surface area contributed by atoms with Gasteiger partial charge in [-0.1, -0.05) is 24.3 Å². The topological polar surface area (TPSA) is 18.5 Å². The lowest BCUT2D eigenvalue weighted by Gasteiger charge is -2.27. The Hall–Kier alpha value is -3.49. The molecule has 9 heteroatoms. The highest BCUT2D eigenvalue weighted by Gasteiger charge is 2.34. The van der Waals surface area contributed by atoms with Gasteiger partial charge in [0, 0.05) is 17.7 Å². The van der Waals surface area contributed by atoms with Crippen molar-refractivity contribution in [3.05, 3.63) is 95.8 Å². The molecule has 3 aromatic rings. The van der Waals surface area contributed by atoms with Crippen molar-refractivity contribution in [3.8, 4) is 22.6 Å². The predicted molar refractivity (Wildman–Crippen MR) is 124 cm³/mol. The minimum absolute atomic E-state index is 0.142. The van der Waals surface area contributed by atoms with E-state index in [2.05, 4.69) is 11.3 Å². The maximum absolute atomic E-state index is 14.9. The van der Waals surface area contributed by atoms with Crippen molar-refractivity contribution in [1.82, 2.24) is 0 Å². The van der Waals surface area contributed by atoms with Crippen LogP contribution in [-0.4, -0.2) is 12.7 Å². The van der Waals surface area contributed by atoms with Crippen LogP contribution in [0.4, 0.5) is 30.7 Å². The Morgan fingerprint density at radius 1 is 0.811 bits per heavy atom. The van der Waals surface area contributed by atoms with Crippen LogP contribution in [0.3, 0.4) is 0 Å². The standard InChI is InChI=1S/C28H23F7O2/c1-2-16-3-5-17(6-4-16)18-7-9-21(22(29)11-18)19-8-10-26(23(30)12-19)36-15-28(34,35)37-20-13-24(31)27(33)25(32)14-20/h2,7-14,16-17H,1,3-6,15H2. The molecule has 0 N–H and O–H groups in total. The Bertz CT molecular complexity index is 1260. The summed E-state index contributed by atoms with van der Waals surface area (Å²) in [7, 11) is 0. The van der Waals surface area contributed by atoms with Crippen LogP contribution in [0.15, 0.2) is 61.2 Å². The SMILES string of the molecule is C=CC1CCC(c2ccc(-c3ccc(OCC(F)(F)Oc4cc(F)c(F)c(F)c4)c(F)c3)c(F)c2)CC1. The number of rotatable bonds is 8. The Balaban J connectivity index is 1.42. The molecule has 0 saturated heterocycles. The zero-order valence-corrected chi connectivity index (χ0v) is 19.6. The quantitative estimate of drug-likeness (QED) is 0.167.